The number of guanidine groups is 1. The number of carbonyl (C=O) groups is 1. The van der Waals surface area contributed by atoms with Crippen LogP contribution in [0.25, 0.3) is 0 Å². The fourth-order valence-electron chi connectivity index (χ4n) is 2.77. The van der Waals surface area contributed by atoms with Gasteiger partial charge in [-0.3, -0.25) is 9.79 Å². The van der Waals surface area contributed by atoms with Crippen LogP contribution in [0.5, 0.6) is 0 Å². The molecule has 0 saturated carbocycles. The number of hydrogen-bond donors (Lipinski definition) is 1. The maximum Gasteiger partial charge on any atom is 0.223 e. The minimum Gasteiger partial charge on any atom is -0.366 e. The zero-order chi connectivity index (χ0) is 18.2. The molecule has 0 atom stereocenters. The minimum atomic E-state index is -0.182. The van der Waals surface area contributed by atoms with E-state index in [2.05, 4.69) is 20.1 Å². The Kier molecular flexibility index (Phi) is 9.68. The van der Waals surface area contributed by atoms with Gasteiger partial charge in [-0.15, -0.1) is 24.0 Å². The molecule has 1 aromatic rings. The van der Waals surface area contributed by atoms with Crippen molar-refractivity contribution in [3.8, 4) is 0 Å². The van der Waals surface area contributed by atoms with Crippen LogP contribution in [0.4, 0.5) is 10.1 Å². The molecule has 1 aromatic carbocycles. The molecule has 0 spiro atoms. The molecule has 1 aliphatic rings. The summed E-state index contributed by atoms with van der Waals surface area (Å²) in [5.41, 5.74) is 0.653. The molecule has 1 heterocycles. The highest BCUT2D eigenvalue weighted by Crippen LogP contribution is 2.20. The van der Waals surface area contributed by atoms with E-state index in [0.717, 1.165) is 38.7 Å². The number of carbonyl (C=O) groups excluding carboxylic acids is 1. The lowest BCUT2D eigenvalue weighted by molar-refractivity contribution is -0.128. The molecular weight excluding hydrogens is 448 g/mol. The number of piperazine rings is 1. The van der Waals surface area contributed by atoms with Gasteiger partial charge in [-0.1, -0.05) is 12.1 Å². The van der Waals surface area contributed by atoms with Gasteiger partial charge in [0.05, 0.1) is 12.2 Å². The summed E-state index contributed by atoms with van der Waals surface area (Å²) in [5, 5.41) is 3.28. The molecule has 1 fully saturated rings. The smallest absolute Gasteiger partial charge is 0.223 e. The average molecular weight is 477 g/mol. The first-order valence-electron chi connectivity index (χ1n) is 8.75. The molecule has 0 bridgehead atoms. The number of rotatable bonds is 5. The zero-order valence-electron chi connectivity index (χ0n) is 15.7. The third kappa shape index (κ3) is 6.30. The highest BCUT2D eigenvalue weighted by Gasteiger charge is 2.21. The van der Waals surface area contributed by atoms with Gasteiger partial charge >= 0.3 is 0 Å². The zero-order valence-corrected chi connectivity index (χ0v) is 18.1. The molecule has 0 unspecified atom stereocenters. The number of nitrogens with one attached hydrogen (secondary N) is 1. The van der Waals surface area contributed by atoms with Crippen molar-refractivity contribution in [1.82, 2.24) is 15.1 Å². The largest absolute Gasteiger partial charge is 0.366 e. The van der Waals surface area contributed by atoms with Gasteiger partial charge in [-0.05, 0) is 19.1 Å². The van der Waals surface area contributed by atoms with Gasteiger partial charge in [-0.2, -0.15) is 0 Å². The molecule has 26 heavy (non-hydrogen) atoms. The normalized spacial score (nSPS) is 14.7. The van der Waals surface area contributed by atoms with Crippen LogP contribution in [0.3, 0.4) is 0 Å². The Hall–Kier alpha value is -1.58. The summed E-state index contributed by atoms with van der Waals surface area (Å²) >= 11 is 0. The van der Waals surface area contributed by atoms with E-state index in [1.807, 2.05) is 19.1 Å². The maximum atomic E-state index is 13.9. The quantitative estimate of drug-likeness (QED) is 0.401. The summed E-state index contributed by atoms with van der Waals surface area (Å²) in [5.74, 6) is 0.713. The number of amides is 1. The predicted molar refractivity (Wildman–Crippen MR) is 115 cm³/mol. The average Bonchev–Trinajstić information content (AvgIpc) is 2.61. The van der Waals surface area contributed by atoms with Gasteiger partial charge in [-0.25, -0.2) is 4.39 Å². The van der Waals surface area contributed by atoms with E-state index in [9.17, 15) is 9.18 Å². The molecule has 2 rings (SSSR count). The van der Waals surface area contributed by atoms with Gasteiger partial charge in [0.2, 0.25) is 5.91 Å². The number of nitrogens with zero attached hydrogens (tertiary/aromatic N) is 4. The van der Waals surface area contributed by atoms with Gasteiger partial charge in [0.1, 0.15) is 5.82 Å². The lowest BCUT2D eigenvalue weighted by atomic mass is 10.2. The fourth-order valence-corrected chi connectivity index (χ4v) is 2.77. The first kappa shape index (κ1) is 22.5. The number of benzene rings is 1. The molecule has 0 radical (unpaired) electrons. The number of anilines is 1. The van der Waals surface area contributed by atoms with E-state index < -0.39 is 0 Å². The van der Waals surface area contributed by atoms with Crippen LogP contribution in [-0.2, 0) is 4.79 Å². The standard InChI is InChI=1S/C18H28FN5O.HI/c1-4-20-18(21-10-9-17(25)22(2)3)24-13-11-23(12-14-24)16-8-6-5-7-15(16)19;/h5-8H,4,9-14H2,1-3H3,(H,20,21);1H. The lowest BCUT2D eigenvalue weighted by Crippen LogP contribution is -2.52. The van der Waals surface area contributed by atoms with Gasteiger partial charge < -0.3 is 20.0 Å². The van der Waals surface area contributed by atoms with E-state index >= 15 is 0 Å². The molecule has 0 aliphatic carbocycles. The van der Waals surface area contributed by atoms with Crippen LogP contribution in [0, 0.1) is 5.82 Å². The third-order valence-electron chi connectivity index (χ3n) is 4.19. The third-order valence-corrected chi connectivity index (χ3v) is 4.19. The SMILES string of the molecule is CCNC(=NCCC(=O)N(C)C)N1CCN(c2ccccc2F)CC1.I. The maximum absolute atomic E-state index is 13.9. The summed E-state index contributed by atoms with van der Waals surface area (Å²) in [7, 11) is 3.50. The summed E-state index contributed by atoms with van der Waals surface area (Å²) in [6.45, 7) is 6.27. The second-order valence-corrected chi connectivity index (χ2v) is 6.20. The molecule has 6 nitrogen and oxygen atoms in total. The minimum absolute atomic E-state index is 0. The number of halogens is 2. The summed E-state index contributed by atoms with van der Waals surface area (Å²) in [4.78, 5) is 22.0. The Morgan fingerprint density at radius 2 is 1.88 bits per heavy atom. The number of hydrogen-bond acceptors (Lipinski definition) is 3. The molecule has 1 N–H and O–H groups in total. The Bertz CT molecular complexity index is 603. The molecule has 146 valence electrons. The van der Waals surface area contributed by atoms with Crippen LogP contribution in [0.15, 0.2) is 29.3 Å². The van der Waals surface area contributed by atoms with Crippen LogP contribution in [0.2, 0.25) is 0 Å². The summed E-state index contributed by atoms with van der Waals surface area (Å²) in [6.07, 6.45) is 0.400. The highest BCUT2D eigenvalue weighted by atomic mass is 127. The van der Waals surface area contributed by atoms with E-state index in [-0.39, 0.29) is 35.7 Å². The second-order valence-electron chi connectivity index (χ2n) is 6.20. The van der Waals surface area contributed by atoms with E-state index in [4.69, 9.17) is 0 Å². The second kappa shape index (κ2) is 11.2. The van der Waals surface area contributed by atoms with Crippen LogP contribution in [0.1, 0.15) is 13.3 Å². The molecule has 0 aromatic heterocycles. The van der Waals surface area contributed by atoms with Crippen molar-refractivity contribution in [3.63, 3.8) is 0 Å². The van der Waals surface area contributed by atoms with E-state index in [1.165, 1.54) is 6.07 Å². The van der Waals surface area contributed by atoms with Crippen LogP contribution in [-0.4, -0.2) is 75.0 Å². The van der Waals surface area contributed by atoms with Crippen molar-refractivity contribution < 1.29 is 9.18 Å². The summed E-state index contributed by atoms with van der Waals surface area (Å²) < 4.78 is 13.9. The first-order chi connectivity index (χ1) is 12.0. The van der Waals surface area contributed by atoms with Gasteiger partial charge in [0, 0.05) is 53.2 Å². The van der Waals surface area contributed by atoms with Crippen molar-refractivity contribution >= 4 is 41.5 Å². The molecule has 1 saturated heterocycles. The first-order valence-corrected chi connectivity index (χ1v) is 8.75. The molecular formula is C18H29FIN5O. The van der Waals surface area contributed by atoms with Gasteiger partial charge in [0.25, 0.3) is 0 Å². The number of aliphatic imine (C=N–C) groups is 1. The van der Waals surface area contributed by atoms with Crippen molar-refractivity contribution in [2.45, 2.75) is 13.3 Å². The fraction of sp³-hybridized carbons (Fsp3) is 0.556. The molecule has 1 amide bonds. The van der Waals surface area contributed by atoms with Crippen LogP contribution < -0.4 is 10.2 Å². The Morgan fingerprint density at radius 1 is 1.23 bits per heavy atom. The van der Waals surface area contributed by atoms with Crippen molar-refractivity contribution in [2.75, 3.05) is 58.3 Å². The van der Waals surface area contributed by atoms with Crippen molar-refractivity contribution in [1.29, 1.82) is 0 Å². The van der Waals surface area contributed by atoms with Gasteiger partial charge in [0.15, 0.2) is 5.96 Å². The van der Waals surface area contributed by atoms with E-state index in [0.29, 0.717) is 18.7 Å². The van der Waals surface area contributed by atoms with Crippen LogP contribution >= 0.6 is 24.0 Å². The topological polar surface area (TPSA) is 51.2 Å². The highest BCUT2D eigenvalue weighted by molar-refractivity contribution is 14.0. The molecule has 8 heteroatoms. The Balaban J connectivity index is 0.00000338. The lowest BCUT2D eigenvalue weighted by Gasteiger charge is -2.37. The predicted octanol–water partition coefficient (Wildman–Crippen LogP) is 2.01. The van der Waals surface area contributed by atoms with Crippen molar-refractivity contribution in [2.24, 2.45) is 4.99 Å². The van der Waals surface area contributed by atoms with E-state index in [1.54, 1.807) is 25.1 Å². The monoisotopic (exact) mass is 477 g/mol. The Labute approximate surface area is 172 Å². The molecule has 1 aliphatic heterocycles. The number of para-hydroxylation sites is 1. The summed E-state index contributed by atoms with van der Waals surface area (Å²) in [6, 6.07) is 6.88. The van der Waals surface area contributed by atoms with Crippen molar-refractivity contribution in [3.05, 3.63) is 30.1 Å². The Morgan fingerprint density at radius 3 is 2.46 bits per heavy atom.